The van der Waals surface area contributed by atoms with Crippen molar-refractivity contribution in [1.29, 1.82) is 0 Å². The number of para-hydroxylation sites is 2. The lowest BCUT2D eigenvalue weighted by atomic mass is 9.64. The molecule has 4 nitrogen and oxygen atoms in total. The number of hydrogen-bond acceptors (Lipinski definition) is 3. The standard InChI is InChI=1S/C20H22ClNO3/c1-24-17-5-2-3-6-18(17)25-14-13-22-19(23)20(11-4-12-20)15-7-9-16(21)10-8-15/h2-3,5-10H,4,11-14H2,1H3,(H,22,23). The van der Waals surface area contributed by atoms with Gasteiger partial charge in [0.1, 0.15) is 6.61 Å². The van der Waals surface area contributed by atoms with Crippen molar-refractivity contribution in [3.63, 3.8) is 0 Å². The lowest BCUT2D eigenvalue weighted by Crippen LogP contribution is -2.50. The van der Waals surface area contributed by atoms with Crippen molar-refractivity contribution in [2.75, 3.05) is 20.3 Å². The second-order valence-electron chi connectivity index (χ2n) is 6.20. The summed E-state index contributed by atoms with van der Waals surface area (Å²) in [4.78, 5) is 12.7. The smallest absolute Gasteiger partial charge is 0.230 e. The average Bonchev–Trinajstić information content (AvgIpc) is 2.59. The number of carbonyl (C=O) groups excluding carboxylic acids is 1. The van der Waals surface area contributed by atoms with E-state index in [9.17, 15) is 4.79 Å². The van der Waals surface area contributed by atoms with Crippen LogP contribution in [0.25, 0.3) is 0 Å². The van der Waals surface area contributed by atoms with Crippen molar-refractivity contribution >= 4 is 17.5 Å². The van der Waals surface area contributed by atoms with Gasteiger partial charge < -0.3 is 14.8 Å². The number of rotatable bonds is 7. The van der Waals surface area contributed by atoms with Crippen molar-refractivity contribution < 1.29 is 14.3 Å². The second kappa shape index (κ2) is 7.79. The molecule has 0 radical (unpaired) electrons. The first-order valence-electron chi connectivity index (χ1n) is 8.46. The van der Waals surface area contributed by atoms with E-state index in [1.807, 2.05) is 48.5 Å². The van der Waals surface area contributed by atoms with E-state index in [0.29, 0.717) is 29.7 Å². The Morgan fingerprint density at radius 2 is 1.80 bits per heavy atom. The molecule has 0 bridgehead atoms. The zero-order chi connectivity index (χ0) is 17.7. The van der Waals surface area contributed by atoms with Crippen molar-refractivity contribution in [3.8, 4) is 11.5 Å². The molecule has 2 aromatic rings. The van der Waals surface area contributed by atoms with Gasteiger partial charge >= 0.3 is 0 Å². The molecule has 0 aromatic heterocycles. The summed E-state index contributed by atoms with van der Waals surface area (Å²) in [6.45, 7) is 0.842. The predicted octanol–water partition coefficient (Wildman–Crippen LogP) is 3.97. The van der Waals surface area contributed by atoms with Gasteiger partial charge in [0.15, 0.2) is 11.5 Å². The van der Waals surface area contributed by atoms with Gasteiger partial charge in [-0.15, -0.1) is 0 Å². The fraction of sp³-hybridized carbons (Fsp3) is 0.350. The monoisotopic (exact) mass is 359 g/mol. The normalized spacial score (nSPS) is 15.1. The van der Waals surface area contributed by atoms with Crippen LogP contribution in [0.1, 0.15) is 24.8 Å². The quantitative estimate of drug-likeness (QED) is 0.761. The molecule has 0 saturated heterocycles. The van der Waals surface area contributed by atoms with Crippen LogP contribution < -0.4 is 14.8 Å². The maximum absolute atomic E-state index is 12.7. The van der Waals surface area contributed by atoms with E-state index in [2.05, 4.69) is 5.32 Å². The lowest BCUT2D eigenvalue weighted by Gasteiger charge is -2.40. The number of halogens is 1. The van der Waals surface area contributed by atoms with Crippen molar-refractivity contribution in [2.24, 2.45) is 0 Å². The van der Waals surface area contributed by atoms with Crippen LogP contribution in [0.15, 0.2) is 48.5 Å². The molecule has 0 aliphatic heterocycles. The Balaban J connectivity index is 1.55. The molecule has 0 spiro atoms. The van der Waals surface area contributed by atoms with Gasteiger partial charge in [0.25, 0.3) is 0 Å². The van der Waals surface area contributed by atoms with E-state index in [0.717, 1.165) is 24.8 Å². The van der Waals surface area contributed by atoms with Crippen LogP contribution in [0, 0.1) is 0 Å². The van der Waals surface area contributed by atoms with E-state index in [4.69, 9.17) is 21.1 Å². The molecule has 2 aromatic carbocycles. The molecule has 3 rings (SSSR count). The third-order valence-corrected chi connectivity index (χ3v) is 5.00. The zero-order valence-electron chi connectivity index (χ0n) is 14.3. The maximum Gasteiger partial charge on any atom is 0.230 e. The molecule has 25 heavy (non-hydrogen) atoms. The summed E-state index contributed by atoms with van der Waals surface area (Å²) < 4.78 is 11.0. The molecule has 1 amide bonds. The highest BCUT2D eigenvalue weighted by atomic mass is 35.5. The Bertz CT molecular complexity index is 726. The summed E-state index contributed by atoms with van der Waals surface area (Å²) in [5, 5.41) is 3.69. The molecular formula is C20H22ClNO3. The van der Waals surface area contributed by atoms with Crippen LogP contribution >= 0.6 is 11.6 Å². The SMILES string of the molecule is COc1ccccc1OCCNC(=O)C1(c2ccc(Cl)cc2)CCC1. The van der Waals surface area contributed by atoms with Crippen molar-refractivity contribution in [2.45, 2.75) is 24.7 Å². The Hall–Kier alpha value is -2.20. The summed E-state index contributed by atoms with van der Waals surface area (Å²) in [5.74, 6) is 1.42. The van der Waals surface area contributed by atoms with E-state index >= 15 is 0 Å². The summed E-state index contributed by atoms with van der Waals surface area (Å²) in [5.41, 5.74) is 0.612. The Labute approximate surface area is 153 Å². The van der Waals surface area contributed by atoms with E-state index in [-0.39, 0.29) is 5.91 Å². The average molecular weight is 360 g/mol. The summed E-state index contributed by atoms with van der Waals surface area (Å²) >= 11 is 5.96. The molecular weight excluding hydrogens is 338 g/mol. The fourth-order valence-electron chi connectivity index (χ4n) is 3.18. The van der Waals surface area contributed by atoms with Gasteiger partial charge in [0, 0.05) is 5.02 Å². The highest BCUT2D eigenvalue weighted by molar-refractivity contribution is 6.30. The second-order valence-corrected chi connectivity index (χ2v) is 6.63. The van der Waals surface area contributed by atoms with E-state index in [1.54, 1.807) is 7.11 Å². The highest BCUT2D eigenvalue weighted by Crippen LogP contribution is 2.44. The molecule has 0 atom stereocenters. The Kier molecular flexibility index (Phi) is 5.49. The Morgan fingerprint density at radius 3 is 2.40 bits per heavy atom. The zero-order valence-corrected chi connectivity index (χ0v) is 15.0. The molecule has 1 aliphatic rings. The van der Waals surface area contributed by atoms with E-state index in [1.165, 1.54) is 0 Å². The molecule has 1 saturated carbocycles. The summed E-state index contributed by atoms with van der Waals surface area (Å²) in [7, 11) is 1.61. The minimum absolute atomic E-state index is 0.0599. The third kappa shape index (κ3) is 3.74. The topological polar surface area (TPSA) is 47.6 Å². The van der Waals surface area contributed by atoms with Crippen LogP contribution in [0.5, 0.6) is 11.5 Å². The first-order chi connectivity index (χ1) is 12.2. The number of ether oxygens (including phenoxy) is 2. The van der Waals surface area contributed by atoms with Crippen LogP contribution in [-0.2, 0) is 10.2 Å². The van der Waals surface area contributed by atoms with Crippen LogP contribution in [-0.4, -0.2) is 26.2 Å². The fourth-order valence-corrected chi connectivity index (χ4v) is 3.30. The number of nitrogens with one attached hydrogen (secondary N) is 1. The van der Waals surface area contributed by atoms with Gasteiger partial charge in [-0.1, -0.05) is 42.3 Å². The summed E-state index contributed by atoms with van der Waals surface area (Å²) in [6, 6.07) is 15.1. The summed E-state index contributed by atoms with van der Waals surface area (Å²) in [6.07, 6.45) is 2.80. The number of benzene rings is 2. The lowest BCUT2D eigenvalue weighted by molar-refractivity contribution is -0.130. The van der Waals surface area contributed by atoms with Crippen molar-refractivity contribution in [3.05, 3.63) is 59.1 Å². The molecule has 0 heterocycles. The van der Waals surface area contributed by atoms with Crippen LogP contribution in [0.3, 0.4) is 0 Å². The minimum atomic E-state index is -0.422. The maximum atomic E-state index is 12.7. The van der Waals surface area contributed by atoms with Crippen LogP contribution in [0.4, 0.5) is 0 Å². The first kappa shape index (κ1) is 17.6. The minimum Gasteiger partial charge on any atom is -0.493 e. The highest BCUT2D eigenvalue weighted by Gasteiger charge is 2.45. The van der Waals surface area contributed by atoms with Gasteiger partial charge in [-0.3, -0.25) is 4.79 Å². The molecule has 5 heteroatoms. The third-order valence-electron chi connectivity index (χ3n) is 4.75. The molecule has 0 unspecified atom stereocenters. The van der Waals surface area contributed by atoms with Gasteiger partial charge in [-0.25, -0.2) is 0 Å². The number of carbonyl (C=O) groups is 1. The number of hydrogen-bond donors (Lipinski definition) is 1. The molecule has 1 fully saturated rings. The molecule has 132 valence electrons. The first-order valence-corrected chi connectivity index (χ1v) is 8.84. The van der Waals surface area contributed by atoms with Gasteiger partial charge in [0.05, 0.1) is 19.1 Å². The predicted molar refractivity (Wildman–Crippen MR) is 98.5 cm³/mol. The molecule has 1 aliphatic carbocycles. The van der Waals surface area contributed by atoms with Gasteiger partial charge in [-0.05, 0) is 42.7 Å². The number of methoxy groups -OCH3 is 1. The molecule has 1 N–H and O–H groups in total. The van der Waals surface area contributed by atoms with Crippen LogP contribution in [0.2, 0.25) is 5.02 Å². The van der Waals surface area contributed by atoms with Gasteiger partial charge in [0.2, 0.25) is 5.91 Å². The van der Waals surface area contributed by atoms with Gasteiger partial charge in [-0.2, -0.15) is 0 Å². The largest absolute Gasteiger partial charge is 0.493 e. The Morgan fingerprint density at radius 1 is 1.12 bits per heavy atom. The number of amides is 1. The van der Waals surface area contributed by atoms with Crippen molar-refractivity contribution in [1.82, 2.24) is 5.32 Å². The van der Waals surface area contributed by atoms with E-state index < -0.39 is 5.41 Å².